The number of aromatic nitrogens is 1. The van der Waals surface area contributed by atoms with Gasteiger partial charge in [-0.3, -0.25) is 4.79 Å². The van der Waals surface area contributed by atoms with Gasteiger partial charge in [0.1, 0.15) is 11.5 Å². The maximum atomic E-state index is 12.1. The highest BCUT2D eigenvalue weighted by Crippen LogP contribution is 2.40. The van der Waals surface area contributed by atoms with E-state index in [1.165, 1.54) is 38.5 Å². The third-order valence-corrected chi connectivity index (χ3v) is 9.22. The minimum atomic E-state index is 0.479. The molecule has 0 saturated carbocycles. The second-order valence-electron chi connectivity index (χ2n) is 12.2. The summed E-state index contributed by atoms with van der Waals surface area (Å²) in [6.45, 7) is 10.5. The lowest BCUT2D eigenvalue weighted by atomic mass is 9.92. The first-order valence-corrected chi connectivity index (χ1v) is 16.5. The molecule has 0 saturated heterocycles. The Balaban J connectivity index is 1.33. The quantitative estimate of drug-likeness (QED) is 0.118. The number of aldehydes is 1. The van der Waals surface area contributed by atoms with E-state index in [2.05, 4.69) is 110 Å². The fourth-order valence-corrected chi connectivity index (χ4v) is 6.91. The lowest BCUT2D eigenvalue weighted by molar-refractivity contribution is 0.112. The summed E-state index contributed by atoms with van der Waals surface area (Å²) >= 11 is 0. The molecular formula is C45H37NO2. The number of carbonyl (C=O) groups excluding carboxylic acids is 1. The van der Waals surface area contributed by atoms with Gasteiger partial charge in [-0.05, 0) is 95.6 Å². The molecule has 0 N–H and O–H groups in total. The van der Waals surface area contributed by atoms with Gasteiger partial charge in [0, 0.05) is 22.0 Å². The molecule has 0 atom stereocenters. The van der Waals surface area contributed by atoms with Crippen LogP contribution in [0.3, 0.4) is 0 Å². The summed E-state index contributed by atoms with van der Waals surface area (Å²) in [7, 11) is 0. The molecule has 0 aliphatic carbocycles. The Labute approximate surface area is 282 Å². The van der Waals surface area contributed by atoms with E-state index in [4.69, 9.17) is 4.74 Å². The molecule has 7 rings (SSSR count). The molecule has 234 valence electrons. The Morgan fingerprint density at radius 3 is 2.29 bits per heavy atom. The average Bonchev–Trinajstić information content (AvgIpc) is 3.46. The minimum Gasteiger partial charge on any atom is -0.456 e. The van der Waals surface area contributed by atoms with Crippen molar-refractivity contribution < 1.29 is 9.53 Å². The van der Waals surface area contributed by atoms with Crippen molar-refractivity contribution in [2.24, 2.45) is 0 Å². The summed E-state index contributed by atoms with van der Waals surface area (Å²) < 4.78 is 8.86. The highest BCUT2D eigenvalue weighted by Gasteiger charge is 2.19. The van der Waals surface area contributed by atoms with Crippen molar-refractivity contribution in [2.45, 2.75) is 33.6 Å². The Morgan fingerprint density at radius 2 is 1.52 bits per heavy atom. The van der Waals surface area contributed by atoms with Crippen LogP contribution in [0.2, 0.25) is 0 Å². The maximum Gasteiger partial charge on any atom is 0.153 e. The summed E-state index contributed by atoms with van der Waals surface area (Å²) in [5.41, 5.74) is 15.8. The van der Waals surface area contributed by atoms with Crippen LogP contribution in [0.4, 0.5) is 0 Å². The predicted octanol–water partition coefficient (Wildman–Crippen LogP) is 11.8. The van der Waals surface area contributed by atoms with Crippen molar-refractivity contribution in [2.75, 3.05) is 0 Å². The Morgan fingerprint density at radius 1 is 0.750 bits per heavy atom. The summed E-state index contributed by atoms with van der Waals surface area (Å²) in [4.78, 5) is 12.1. The number of aryl methyl sites for hydroxylation is 3. The third kappa shape index (κ3) is 5.45. The van der Waals surface area contributed by atoms with Gasteiger partial charge in [0.15, 0.2) is 6.29 Å². The van der Waals surface area contributed by atoms with E-state index in [9.17, 15) is 4.79 Å². The number of benzene rings is 6. The molecule has 7 aromatic rings. The van der Waals surface area contributed by atoms with E-state index >= 15 is 0 Å². The predicted molar refractivity (Wildman–Crippen MR) is 200 cm³/mol. The molecule has 0 spiro atoms. The third-order valence-electron chi connectivity index (χ3n) is 9.22. The van der Waals surface area contributed by atoms with Crippen LogP contribution >= 0.6 is 0 Å². The van der Waals surface area contributed by atoms with Crippen molar-refractivity contribution in [1.82, 2.24) is 4.57 Å². The molecule has 6 aromatic carbocycles. The number of para-hydroxylation sites is 1. The summed E-state index contributed by atoms with van der Waals surface area (Å²) in [6, 6.07) is 43.8. The van der Waals surface area contributed by atoms with Gasteiger partial charge in [-0.15, -0.1) is 5.73 Å². The standard InChI is InChI=1S/C45H37NO2/c1-5-14-32-17-10-11-18-39(32)38-24-25-41-40-19-12-13-20-42(40)46(45(41)31(38)4)36-23-26-43(30(3)27-36)48-44-28-34(21-22-35(44)29-47)37(6-2)33-15-8-7-9-16-33/h7-13,15-29H,2,5,14H2,1,3-4H3. The monoisotopic (exact) mass is 623 g/mol. The largest absolute Gasteiger partial charge is 0.456 e. The molecule has 3 heteroatoms. The van der Waals surface area contributed by atoms with Gasteiger partial charge in [0.05, 0.1) is 16.6 Å². The van der Waals surface area contributed by atoms with E-state index in [0.717, 1.165) is 52.6 Å². The van der Waals surface area contributed by atoms with Crippen LogP contribution in [0.15, 0.2) is 140 Å². The number of fused-ring (bicyclic) bond motifs is 3. The molecule has 0 aliphatic heterocycles. The van der Waals surface area contributed by atoms with Crippen LogP contribution in [-0.2, 0) is 6.42 Å². The lowest BCUT2D eigenvalue weighted by Gasteiger charge is -2.17. The first-order valence-electron chi connectivity index (χ1n) is 16.5. The fourth-order valence-electron chi connectivity index (χ4n) is 6.91. The maximum absolute atomic E-state index is 12.1. The highest BCUT2D eigenvalue weighted by atomic mass is 16.5. The summed E-state index contributed by atoms with van der Waals surface area (Å²) in [6.07, 6.45) is 2.98. The Kier molecular flexibility index (Phi) is 8.38. The summed E-state index contributed by atoms with van der Waals surface area (Å²) in [5.74, 6) is 1.18. The molecule has 1 aromatic heterocycles. The second kappa shape index (κ2) is 13.1. The first kappa shape index (κ1) is 30.7. The Bertz CT molecular complexity index is 2370. The number of hydrogen-bond donors (Lipinski definition) is 0. The van der Waals surface area contributed by atoms with Gasteiger partial charge < -0.3 is 9.30 Å². The molecule has 0 fully saturated rings. The van der Waals surface area contributed by atoms with Gasteiger partial charge >= 0.3 is 0 Å². The van der Waals surface area contributed by atoms with Gasteiger partial charge in [0.25, 0.3) is 0 Å². The molecule has 3 nitrogen and oxygen atoms in total. The normalized spacial score (nSPS) is 11.1. The van der Waals surface area contributed by atoms with Gasteiger partial charge in [-0.2, -0.15) is 0 Å². The van der Waals surface area contributed by atoms with E-state index in [-0.39, 0.29) is 0 Å². The molecule has 0 aliphatic rings. The first-order chi connectivity index (χ1) is 23.5. The number of ether oxygens (including phenoxy) is 1. The van der Waals surface area contributed by atoms with Crippen LogP contribution in [0.1, 0.15) is 51.5 Å². The van der Waals surface area contributed by atoms with Gasteiger partial charge in [-0.25, -0.2) is 0 Å². The lowest BCUT2D eigenvalue weighted by Crippen LogP contribution is -1.99. The zero-order valence-electron chi connectivity index (χ0n) is 27.6. The zero-order chi connectivity index (χ0) is 33.2. The van der Waals surface area contributed by atoms with Crippen molar-refractivity contribution in [1.29, 1.82) is 0 Å². The number of rotatable bonds is 9. The highest BCUT2D eigenvalue weighted by molar-refractivity contribution is 6.11. The van der Waals surface area contributed by atoms with Gasteiger partial charge in [0.2, 0.25) is 0 Å². The van der Waals surface area contributed by atoms with E-state index in [0.29, 0.717) is 17.1 Å². The molecule has 0 radical (unpaired) electrons. The Hall–Kier alpha value is -5.89. The SMILES string of the molecule is C=C=C(c1ccccc1)c1ccc(C=O)c(Oc2ccc(-n3c4ccccc4c4ccc(-c5ccccc5CCC)c(C)c43)cc2C)c1. The molecule has 48 heavy (non-hydrogen) atoms. The smallest absolute Gasteiger partial charge is 0.153 e. The molecular weight excluding hydrogens is 587 g/mol. The van der Waals surface area contributed by atoms with Crippen molar-refractivity contribution >= 4 is 33.7 Å². The average molecular weight is 624 g/mol. The molecule has 0 bridgehead atoms. The van der Waals surface area contributed by atoms with Crippen LogP contribution in [0.5, 0.6) is 11.5 Å². The van der Waals surface area contributed by atoms with Crippen molar-refractivity contribution in [3.8, 4) is 28.3 Å². The number of nitrogens with zero attached hydrogens (tertiary/aromatic N) is 1. The number of hydrogen-bond acceptors (Lipinski definition) is 2. The van der Waals surface area contributed by atoms with E-state index < -0.39 is 0 Å². The zero-order valence-corrected chi connectivity index (χ0v) is 27.6. The van der Waals surface area contributed by atoms with Crippen LogP contribution < -0.4 is 4.74 Å². The summed E-state index contributed by atoms with van der Waals surface area (Å²) in [5, 5.41) is 2.45. The van der Waals surface area contributed by atoms with E-state index in [1.807, 2.05) is 48.5 Å². The van der Waals surface area contributed by atoms with Crippen molar-refractivity contribution in [3.63, 3.8) is 0 Å². The molecule has 0 unspecified atom stereocenters. The van der Waals surface area contributed by atoms with Crippen molar-refractivity contribution in [3.05, 3.63) is 173 Å². The van der Waals surface area contributed by atoms with E-state index in [1.54, 1.807) is 6.07 Å². The molecule has 0 amide bonds. The minimum absolute atomic E-state index is 0.479. The second-order valence-corrected chi connectivity index (χ2v) is 12.2. The topological polar surface area (TPSA) is 31.2 Å². The number of carbonyl (C=O) groups is 1. The van der Waals surface area contributed by atoms with Crippen LogP contribution in [0.25, 0.3) is 44.2 Å². The van der Waals surface area contributed by atoms with Gasteiger partial charge in [-0.1, -0.05) is 111 Å². The fraction of sp³-hybridized carbons (Fsp3) is 0.111. The van der Waals surface area contributed by atoms with Crippen LogP contribution in [0, 0.1) is 13.8 Å². The molecule has 1 heterocycles. The van der Waals surface area contributed by atoms with Crippen LogP contribution in [-0.4, -0.2) is 10.9 Å².